The highest BCUT2D eigenvalue weighted by molar-refractivity contribution is 7.90. The fourth-order valence-electron chi connectivity index (χ4n) is 4.31. The number of piperidine rings is 1. The highest BCUT2D eigenvalue weighted by Gasteiger charge is 2.28. The number of hydrogen-bond donors (Lipinski definition) is 2. The van der Waals surface area contributed by atoms with Gasteiger partial charge in [0.15, 0.2) is 5.03 Å². The lowest BCUT2D eigenvalue weighted by Gasteiger charge is -2.34. The third-order valence-corrected chi connectivity index (χ3v) is 7.21. The fraction of sp³-hybridized carbons (Fsp3) is 0.385. The second-order valence-corrected chi connectivity index (χ2v) is 11.0. The number of carbonyl (C=O) groups is 1. The minimum absolute atomic E-state index is 0.00572. The number of hydrogen-bond acceptors (Lipinski definition) is 10. The largest absolute Gasteiger partial charge is 0.475 e. The standard InChI is InChI=1S/C26H32N6O5S/c1-17(2)37-23-12-9-19(14-28-23)21-11-10-20(25(29-21)32-13-5-6-18(15-32)16-36-3)26(33)31-38(34,35)24-8-4-7-22(27)30-24/h4,7-12,14,17-18H,5-6,13,15-16H2,1-3H3,(H2,27,30)(H,31,33). The van der Waals surface area contributed by atoms with E-state index in [4.69, 9.17) is 20.2 Å². The summed E-state index contributed by atoms with van der Waals surface area (Å²) in [6, 6.07) is 11.0. The van der Waals surface area contributed by atoms with Crippen LogP contribution >= 0.6 is 0 Å². The first kappa shape index (κ1) is 27.3. The van der Waals surface area contributed by atoms with Gasteiger partial charge in [-0.2, -0.15) is 8.42 Å². The van der Waals surface area contributed by atoms with E-state index in [1.54, 1.807) is 31.5 Å². The predicted molar refractivity (Wildman–Crippen MR) is 143 cm³/mol. The number of pyridine rings is 3. The Labute approximate surface area is 222 Å². The summed E-state index contributed by atoms with van der Waals surface area (Å²) in [6.45, 7) is 5.71. The van der Waals surface area contributed by atoms with Gasteiger partial charge in [-0.15, -0.1) is 0 Å². The van der Waals surface area contributed by atoms with Crippen molar-refractivity contribution in [1.82, 2.24) is 19.7 Å². The zero-order chi connectivity index (χ0) is 27.3. The number of amides is 1. The van der Waals surface area contributed by atoms with Gasteiger partial charge in [0.1, 0.15) is 11.6 Å². The molecular weight excluding hydrogens is 508 g/mol. The number of carbonyl (C=O) groups excluding carboxylic acids is 1. The number of sulfonamides is 1. The topological polar surface area (TPSA) is 150 Å². The molecule has 1 amide bonds. The molecule has 0 saturated carbocycles. The van der Waals surface area contributed by atoms with Crippen molar-refractivity contribution in [2.24, 2.45) is 5.92 Å². The van der Waals surface area contributed by atoms with Crippen LogP contribution in [-0.2, 0) is 14.8 Å². The molecule has 1 aliphatic heterocycles. The summed E-state index contributed by atoms with van der Waals surface area (Å²) >= 11 is 0. The van der Waals surface area contributed by atoms with Crippen molar-refractivity contribution in [3.63, 3.8) is 0 Å². The van der Waals surface area contributed by atoms with Crippen LogP contribution in [0.4, 0.5) is 11.6 Å². The van der Waals surface area contributed by atoms with Gasteiger partial charge in [-0.05, 0) is 62.9 Å². The molecule has 38 heavy (non-hydrogen) atoms. The second-order valence-electron chi connectivity index (χ2n) is 9.36. The Morgan fingerprint density at radius 2 is 2.00 bits per heavy atom. The number of methoxy groups -OCH3 is 1. The Bertz CT molecular complexity index is 1380. The van der Waals surface area contributed by atoms with Gasteiger partial charge in [0.05, 0.1) is 24.0 Å². The van der Waals surface area contributed by atoms with E-state index in [2.05, 4.69) is 14.7 Å². The van der Waals surface area contributed by atoms with Crippen LogP contribution in [-0.4, -0.2) is 62.2 Å². The van der Waals surface area contributed by atoms with Crippen molar-refractivity contribution in [2.45, 2.75) is 37.8 Å². The molecule has 4 rings (SSSR count). The molecule has 1 fully saturated rings. The number of aromatic nitrogens is 3. The first-order chi connectivity index (χ1) is 18.2. The molecule has 0 bridgehead atoms. The summed E-state index contributed by atoms with van der Waals surface area (Å²) in [4.78, 5) is 28.3. The molecule has 3 aromatic heterocycles. The van der Waals surface area contributed by atoms with Crippen LogP contribution in [0.25, 0.3) is 11.3 Å². The summed E-state index contributed by atoms with van der Waals surface area (Å²) in [5.41, 5.74) is 7.09. The highest BCUT2D eigenvalue weighted by atomic mass is 32.2. The van der Waals surface area contributed by atoms with Crippen molar-refractivity contribution in [3.8, 4) is 17.1 Å². The van der Waals surface area contributed by atoms with E-state index in [-0.39, 0.29) is 28.4 Å². The molecule has 1 aliphatic rings. The molecule has 1 atom stereocenters. The summed E-state index contributed by atoms with van der Waals surface area (Å²) in [5, 5.41) is -0.343. The lowest BCUT2D eigenvalue weighted by Crippen LogP contribution is -2.40. The highest BCUT2D eigenvalue weighted by Crippen LogP contribution is 2.29. The molecule has 0 aromatic carbocycles. The third kappa shape index (κ3) is 6.56. The molecule has 3 N–H and O–H groups in total. The lowest BCUT2D eigenvalue weighted by molar-refractivity contribution is 0.0981. The Hall–Kier alpha value is -3.77. The lowest BCUT2D eigenvalue weighted by atomic mass is 9.98. The van der Waals surface area contributed by atoms with Crippen molar-refractivity contribution in [2.75, 3.05) is 37.4 Å². The maximum absolute atomic E-state index is 13.3. The van der Waals surface area contributed by atoms with Crippen molar-refractivity contribution in [3.05, 3.63) is 54.2 Å². The number of nitrogen functional groups attached to an aromatic ring is 1. The Kier molecular flexibility index (Phi) is 8.42. The van der Waals surface area contributed by atoms with E-state index in [0.29, 0.717) is 37.1 Å². The van der Waals surface area contributed by atoms with E-state index in [1.807, 2.05) is 24.8 Å². The first-order valence-electron chi connectivity index (χ1n) is 12.3. The summed E-state index contributed by atoms with van der Waals surface area (Å²) in [6.07, 6.45) is 3.52. The number of nitrogens with one attached hydrogen (secondary N) is 1. The van der Waals surface area contributed by atoms with Crippen molar-refractivity contribution < 1.29 is 22.7 Å². The summed E-state index contributed by atoms with van der Waals surface area (Å²) in [7, 11) is -2.60. The van der Waals surface area contributed by atoms with Crippen LogP contribution in [0.3, 0.4) is 0 Å². The molecule has 0 spiro atoms. The fourth-order valence-corrected chi connectivity index (χ4v) is 5.25. The maximum atomic E-state index is 13.3. The molecule has 202 valence electrons. The van der Waals surface area contributed by atoms with Crippen LogP contribution in [0, 0.1) is 5.92 Å². The number of nitrogens with zero attached hydrogens (tertiary/aromatic N) is 4. The van der Waals surface area contributed by atoms with Crippen LogP contribution in [0.1, 0.15) is 37.0 Å². The normalized spacial score (nSPS) is 15.9. The van der Waals surface area contributed by atoms with E-state index in [9.17, 15) is 13.2 Å². The molecule has 11 nitrogen and oxygen atoms in total. The average molecular weight is 541 g/mol. The first-order valence-corrected chi connectivity index (χ1v) is 13.8. The van der Waals surface area contributed by atoms with Crippen LogP contribution in [0.5, 0.6) is 5.88 Å². The minimum Gasteiger partial charge on any atom is -0.475 e. The zero-order valence-corrected chi connectivity index (χ0v) is 22.4. The number of ether oxygens (including phenoxy) is 2. The van der Waals surface area contributed by atoms with Gasteiger partial charge >= 0.3 is 0 Å². The average Bonchev–Trinajstić information content (AvgIpc) is 2.88. The molecule has 1 saturated heterocycles. The smallest absolute Gasteiger partial charge is 0.281 e. The van der Waals surface area contributed by atoms with Gasteiger partial charge in [0, 0.05) is 38.0 Å². The van der Waals surface area contributed by atoms with Crippen LogP contribution in [0.15, 0.2) is 53.7 Å². The Morgan fingerprint density at radius 3 is 2.68 bits per heavy atom. The second kappa shape index (κ2) is 11.7. The van der Waals surface area contributed by atoms with Crippen molar-refractivity contribution >= 4 is 27.6 Å². The number of rotatable bonds is 9. The molecular formula is C26H32N6O5S. The third-order valence-electron chi connectivity index (χ3n) is 5.98. The van der Waals surface area contributed by atoms with Gasteiger partial charge in [-0.3, -0.25) is 4.79 Å². The van der Waals surface area contributed by atoms with E-state index in [1.165, 1.54) is 18.2 Å². The van der Waals surface area contributed by atoms with Gasteiger partial charge in [0.2, 0.25) is 5.88 Å². The summed E-state index contributed by atoms with van der Waals surface area (Å²) in [5.74, 6) is 0.362. The zero-order valence-electron chi connectivity index (χ0n) is 21.6. The molecule has 1 unspecified atom stereocenters. The maximum Gasteiger partial charge on any atom is 0.281 e. The summed E-state index contributed by atoms with van der Waals surface area (Å²) < 4.78 is 38.8. The van der Waals surface area contributed by atoms with E-state index < -0.39 is 15.9 Å². The van der Waals surface area contributed by atoms with E-state index >= 15 is 0 Å². The molecule has 0 radical (unpaired) electrons. The van der Waals surface area contributed by atoms with Gasteiger partial charge < -0.3 is 20.1 Å². The molecule has 4 heterocycles. The van der Waals surface area contributed by atoms with Crippen LogP contribution < -0.4 is 20.1 Å². The number of anilines is 2. The SMILES string of the molecule is COCC1CCCN(c2nc(-c3ccc(OC(C)C)nc3)ccc2C(=O)NS(=O)(=O)c2cccc(N)n2)C1. The van der Waals surface area contributed by atoms with Crippen molar-refractivity contribution in [1.29, 1.82) is 0 Å². The molecule has 0 aliphatic carbocycles. The molecule has 3 aromatic rings. The monoisotopic (exact) mass is 540 g/mol. The Morgan fingerprint density at radius 1 is 1.18 bits per heavy atom. The molecule has 12 heteroatoms. The van der Waals surface area contributed by atoms with Gasteiger partial charge in [-0.25, -0.2) is 19.7 Å². The van der Waals surface area contributed by atoms with E-state index in [0.717, 1.165) is 18.4 Å². The minimum atomic E-state index is -4.25. The predicted octanol–water partition coefficient (Wildman–Crippen LogP) is 2.89. The van der Waals surface area contributed by atoms with Crippen LogP contribution in [0.2, 0.25) is 0 Å². The van der Waals surface area contributed by atoms with Gasteiger partial charge in [-0.1, -0.05) is 6.07 Å². The Balaban J connectivity index is 1.68. The quantitative estimate of drug-likeness (QED) is 0.415. The number of nitrogens with two attached hydrogens (primary N) is 1. The van der Waals surface area contributed by atoms with Gasteiger partial charge in [0.25, 0.3) is 15.9 Å².